The average Bonchev–Trinajstić information content (AvgIpc) is 2.75. The van der Waals surface area contributed by atoms with Gasteiger partial charge in [-0.25, -0.2) is 0 Å². The first-order valence-electron chi connectivity index (χ1n) is 5.10. The van der Waals surface area contributed by atoms with Crippen molar-refractivity contribution in [2.75, 3.05) is 27.2 Å². The Morgan fingerprint density at radius 3 is 2.93 bits per heavy atom. The van der Waals surface area contributed by atoms with Crippen LogP contribution >= 0.6 is 0 Å². The van der Waals surface area contributed by atoms with Crippen molar-refractivity contribution in [1.29, 1.82) is 0 Å². The normalized spacial score (nSPS) is 10.6. The van der Waals surface area contributed by atoms with Crippen molar-refractivity contribution >= 4 is 5.97 Å². The molecule has 1 aromatic heterocycles. The van der Waals surface area contributed by atoms with Crippen molar-refractivity contribution < 1.29 is 9.53 Å². The Hall–Kier alpha value is -1.29. The summed E-state index contributed by atoms with van der Waals surface area (Å²) in [5.74, 6) is -0.151. The predicted octanol–water partition coefficient (Wildman–Crippen LogP) is 1.05. The van der Waals surface area contributed by atoms with Crippen molar-refractivity contribution in [3.05, 3.63) is 24.0 Å². The second-order valence-electron chi connectivity index (χ2n) is 3.57. The highest BCUT2D eigenvalue weighted by Crippen LogP contribution is 1.98. The van der Waals surface area contributed by atoms with Crippen LogP contribution in [0.4, 0.5) is 0 Å². The number of hydrogen-bond acceptors (Lipinski definition) is 3. The Kier molecular flexibility index (Phi) is 4.90. The number of H-pyrrole nitrogens is 1. The number of ether oxygens (including phenoxy) is 1. The van der Waals surface area contributed by atoms with Gasteiger partial charge in [0.25, 0.3) is 0 Å². The minimum absolute atomic E-state index is 0.151. The maximum Gasteiger partial charge on any atom is 0.306 e. The molecule has 15 heavy (non-hydrogen) atoms. The summed E-state index contributed by atoms with van der Waals surface area (Å²) in [6, 6.07) is 4.05. The van der Waals surface area contributed by atoms with Crippen molar-refractivity contribution in [2.45, 2.75) is 12.8 Å². The molecule has 1 heterocycles. The highest BCUT2D eigenvalue weighted by atomic mass is 16.5. The summed E-state index contributed by atoms with van der Waals surface area (Å²) in [6.45, 7) is 1.69. The molecule has 0 radical (unpaired) electrons. The minimum atomic E-state index is -0.151. The Balaban J connectivity index is 2.13. The minimum Gasteiger partial charge on any atom is -0.469 e. The summed E-state index contributed by atoms with van der Waals surface area (Å²) in [4.78, 5) is 16.2. The highest BCUT2D eigenvalue weighted by Gasteiger charge is 2.04. The van der Waals surface area contributed by atoms with Gasteiger partial charge in [-0.3, -0.25) is 4.79 Å². The number of rotatable bonds is 6. The highest BCUT2D eigenvalue weighted by molar-refractivity contribution is 5.69. The zero-order valence-corrected chi connectivity index (χ0v) is 9.32. The average molecular weight is 210 g/mol. The van der Waals surface area contributed by atoms with Crippen LogP contribution in [-0.2, 0) is 16.0 Å². The first kappa shape index (κ1) is 11.8. The molecule has 0 fully saturated rings. The zero-order chi connectivity index (χ0) is 11.1. The van der Waals surface area contributed by atoms with E-state index in [4.69, 9.17) is 0 Å². The van der Waals surface area contributed by atoms with Gasteiger partial charge in [-0.2, -0.15) is 0 Å². The third-order valence-corrected chi connectivity index (χ3v) is 2.35. The fraction of sp³-hybridized carbons (Fsp3) is 0.545. The summed E-state index contributed by atoms with van der Waals surface area (Å²) < 4.78 is 4.58. The number of carbonyl (C=O) groups is 1. The Morgan fingerprint density at radius 1 is 1.53 bits per heavy atom. The van der Waals surface area contributed by atoms with Gasteiger partial charge in [-0.1, -0.05) is 0 Å². The molecule has 0 aliphatic rings. The molecular formula is C11H18N2O2. The van der Waals surface area contributed by atoms with Gasteiger partial charge in [0.15, 0.2) is 0 Å². The number of aromatic nitrogens is 1. The Bertz CT molecular complexity index is 283. The molecule has 0 amide bonds. The molecule has 0 saturated heterocycles. The largest absolute Gasteiger partial charge is 0.469 e. The van der Waals surface area contributed by atoms with E-state index in [9.17, 15) is 4.79 Å². The van der Waals surface area contributed by atoms with Gasteiger partial charge in [-0.05, 0) is 19.2 Å². The second-order valence-corrected chi connectivity index (χ2v) is 3.57. The van der Waals surface area contributed by atoms with Gasteiger partial charge in [0.1, 0.15) is 0 Å². The van der Waals surface area contributed by atoms with Crippen LogP contribution in [0.2, 0.25) is 0 Å². The lowest BCUT2D eigenvalue weighted by Gasteiger charge is -2.14. The Morgan fingerprint density at radius 2 is 2.33 bits per heavy atom. The third kappa shape index (κ3) is 4.65. The van der Waals surface area contributed by atoms with Crippen LogP contribution < -0.4 is 0 Å². The van der Waals surface area contributed by atoms with E-state index in [2.05, 4.69) is 20.7 Å². The summed E-state index contributed by atoms with van der Waals surface area (Å²) in [7, 11) is 3.42. The topological polar surface area (TPSA) is 45.3 Å². The SMILES string of the molecule is COC(=O)CCN(C)CCc1ccc[nH]1. The lowest BCUT2D eigenvalue weighted by molar-refractivity contribution is -0.140. The van der Waals surface area contributed by atoms with Gasteiger partial charge in [0.2, 0.25) is 0 Å². The molecular weight excluding hydrogens is 192 g/mol. The monoisotopic (exact) mass is 210 g/mol. The molecule has 4 nitrogen and oxygen atoms in total. The van der Waals surface area contributed by atoms with Crippen LogP contribution in [0.3, 0.4) is 0 Å². The number of aromatic amines is 1. The van der Waals surface area contributed by atoms with E-state index in [0.717, 1.165) is 19.5 Å². The number of nitrogens with one attached hydrogen (secondary N) is 1. The smallest absolute Gasteiger partial charge is 0.306 e. The van der Waals surface area contributed by atoms with Crippen LogP contribution in [-0.4, -0.2) is 43.1 Å². The van der Waals surface area contributed by atoms with E-state index in [1.165, 1.54) is 12.8 Å². The standard InChI is InChI=1S/C11H18N2O2/c1-13(9-6-11(14)15-2)8-5-10-4-3-7-12-10/h3-4,7,12H,5-6,8-9H2,1-2H3. The number of esters is 1. The van der Waals surface area contributed by atoms with Crippen molar-refractivity contribution in [2.24, 2.45) is 0 Å². The number of hydrogen-bond donors (Lipinski definition) is 1. The van der Waals surface area contributed by atoms with E-state index in [1.54, 1.807) is 0 Å². The molecule has 1 N–H and O–H groups in total. The number of nitrogens with zero attached hydrogens (tertiary/aromatic N) is 1. The van der Waals surface area contributed by atoms with Gasteiger partial charge >= 0.3 is 5.97 Å². The van der Waals surface area contributed by atoms with Gasteiger partial charge < -0.3 is 14.6 Å². The van der Waals surface area contributed by atoms with Crippen LogP contribution in [0.5, 0.6) is 0 Å². The van der Waals surface area contributed by atoms with Crippen molar-refractivity contribution in [1.82, 2.24) is 9.88 Å². The van der Waals surface area contributed by atoms with E-state index >= 15 is 0 Å². The van der Waals surface area contributed by atoms with Crippen LogP contribution in [0, 0.1) is 0 Å². The molecule has 4 heteroatoms. The van der Waals surface area contributed by atoms with Gasteiger partial charge in [0, 0.05) is 31.4 Å². The Labute approximate surface area is 90.2 Å². The maximum absolute atomic E-state index is 10.9. The molecule has 84 valence electrons. The molecule has 1 aromatic rings. The second kappa shape index (κ2) is 6.24. The fourth-order valence-corrected chi connectivity index (χ4v) is 1.33. The first-order valence-corrected chi connectivity index (χ1v) is 5.10. The fourth-order valence-electron chi connectivity index (χ4n) is 1.33. The predicted molar refractivity (Wildman–Crippen MR) is 58.6 cm³/mol. The van der Waals surface area contributed by atoms with Crippen LogP contribution in [0.25, 0.3) is 0 Å². The zero-order valence-electron chi connectivity index (χ0n) is 9.32. The summed E-state index contributed by atoms with van der Waals surface area (Å²) in [6.07, 6.45) is 3.35. The molecule has 0 atom stereocenters. The molecule has 0 aromatic carbocycles. The van der Waals surface area contributed by atoms with Crippen LogP contribution in [0.1, 0.15) is 12.1 Å². The number of methoxy groups -OCH3 is 1. The summed E-state index contributed by atoms with van der Waals surface area (Å²) >= 11 is 0. The summed E-state index contributed by atoms with van der Waals surface area (Å²) in [5, 5.41) is 0. The molecule has 0 bridgehead atoms. The van der Waals surface area contributed by atoms with E-state index in [0.29, 0.717) is 6.42 Å². The van der Waals surface area contributed by atoms with Gasteiger partial charge in [-0.15, -0.1) is 0 Å². The quantitative estimate of drug-likeness (QED) is 0.714. The molecule has 0 spiro atoms. The van der Waals surface area contributed by atoms with Gasteiger partial charge in [0.05, 0.1) is 13.5 Å². The van der Waals surface area contributed by atoms with Crippen molar-refractivity contribution in [3.63, 3.8) is 0 Å². The molecule has 1 rings (SSSR count). The lowest BCUT2D eigenvalue weighted by Crippen LogP contribution is -2.24. The molecule has 0 saturated carbocycles. The molecule has 0 unspecified atom stereocenters. The first-order chi connectivity index (χ1) is 7.22. The maximum atomic E-state index is 10.9. The molecule has 0 aliphatic heterocycles. The summed E-state index contributed by atoms with van der Waals surface area (Å²) in [5.41, 5.74) is 1.22. The number of likely N-dealkylation sites (N-methyl/N-ethyl adjacent to an activating group) is 1. The van der Waals surface area contributed by atoms with E-state index < -0.39 is 0 Å². The van der Waals surface area contributed by atoms with Crippen LogP contribution in [0.15, 0.2) is 18.3 Å². The third-order valence-electron chi connectivity index (χ3n) is 2.35. The van der Waals surface area contributed by atoms with Crippen molar-refractivity contribution in [3.8, 4) is 0 Å². The van der Waals surface area contributed by atoms with E-state index in [-0.39, 0.29) is 5.97 Å². The molecule has 0 aliphatic carbocycles. The lowest BCUT2D eigenvalue weighted by atomic mass is 10.3. The number of carbonyl (C=O) groups excluding carboxylic acids is 1. The van der Waals surface area contributed by atoms with E-state index in [1.807, 2.05) is 19.3 Å².